The Morgan fingerprint density at radius 1 is 1.24 bits per heavy atom. The maximum absolute atomic E-state index is 12.5. The molecule has 9 heteroatoms. The largest absolute Gasteiger partial charge is 0.457 e. The summed E-state index contributed by atoms with van der Waals surface area (Å²) in [5, 5.41) is 16.5. The Balaban J connectivity index is 1.62. The van der Waals surface area contributed by atoms with Gasteiger partial charge in [-0.15, -0.1) is 0 Å². The van der Waals surface area contributed by atoms with Crippen molar-refractivity contribution in [2.24, 2.45) is 16.0 Å². The zero-order valence-electron chi connectivity index (χ0n) is 15.6. The number of hydrogen-bond acceptors (Lipinski definition) is 5. The Morgan fingerprint density at radius 3 is 2.66 bits per heavy atom. The molecule has 0 saturated carbocycles. The van der Waals surface area contributed by atoms with E-state index in [0.29, 0.717) is 32.7 Å². The standard InChI is InChI=1S/C20H16Cl2N4O2S/c1-10(2)5-17-25-26-18(23)15(19(27)24-20(26)29-17)9-14-3-4-16(28-14)11-6-12(21)8-13(22)7-11/h3-4,6-10,23H,5H2,1-2H3. The normalized spacial score (nSPS) is 17.8. The maximum atomic E-state index is 12.5. The van der Waals surface area contributed by atoms with Crippen LogP contribution < -0.4 is 0 Å². The fraction of sp³-hybridized carbons (Fsp3) is 0.200. The molecule has 29 heavy (non-hydrogen) atoms. The number of hydrogen-bond donors (Lipinski definition) is 1. The lowest BCUT2D eigenvalue weighted by Gasteiger charge is -2.19. The molecule has 2 aromatic rings. The molecule has 0 aliphatic carbocycles. The minimum absolute atomic E-state index is 0.0185. The van der Waals surface area contributed by atoms with Crippen molar-refractivity contribution in [2.45, 2.75) is 20.3 Å². The fourth-order valence-corrected chi connectivity index (χ4v) is 4.51. The van der Waals surface area contributed by atoms with Crippen molar-refractivity contribution in [1.29, 1.82) is 5.41 Å². The van der Waals surface area contributed by atoms with Gasteiger partial charge in [-0.05, 0) is 54.1 Å². The van der Waals surface area contributed by atoms with E-state index in [1.807, 2.05) is 0 Å². The number of thioether (sulfide) groups is 1. The molecule has 1 aromatic carbocycles. The van der Waals surface area contributed by atoms with Crippen LogP contribution in [-0.2, 0) is 4.79 Å². The van der Waals surface area contributed by atoms with Gasteiger partial charge in [0, 0.05) is 22.0 Å². The molecule has 0 spiro atoms. The molecule has 0 unspecified atom stereocenters. The Morgan fingerprint density at radius 2 is 1.97 bits per heavy atom. The third-order valence-corrected chi connectivity index (χ3v) is 5.51. The SMILES string of the molecule is CC(C)CC1=NN2C(=N)C(=Cc3ccc(-c4cc(Cl)cc(Cl)c4)o3)C(=O)N=C2S1. The molecule has 148 valence electrons. The molecule has 3 heterocycles. The number of amidine groups is 2. The molecule has 2 aliphatic rings. The smallest absolute Gasteiger partial charge is 0.283 e. The summed E-state index contributed by atoms with van der Waals surface area (Å²) in [6, 6.07) is 8.58. The highest BCUT2D eigenvalue weighted by atomic mass is 35.5. The van der Waals surface area contributed by atoms with E-state index < -0.39 is 5.91 Å². The van der Waals surface area contributed by atoms with Gasteiger partial charge in [-0.25, -0.2) is 0 Å². The minimum Gasteiger partial charge on any atom is -0.457 e. The number of carbonyl (C=O) groups is 1. The highest BCUT2D eigenvalue weighted by molar-refractivity contribution is 8.26. The van der Waals surface area contributed by atoms with Crippen LogP contribution in [0.5, 0.6) is 0 Å². The highest BCUT2D eigenvalue weighted by Gasteiger charge is 2.35. The van der Waals surface area contributed by atoms with Gasteiger partial charge < -0.3 is 4.42 Å². The molecule has 4 rings (SSSR count). The van der Waals surface area contributed by atoms with E-state index in [-0.39, 0.29) is 11.4 Å². The summed E-state index contributed by atoms with van der Waals surface area (Å²) < 4.78 is 5.81. The number of carbonyl (C=O) groups excluding carboxylic acids is 1. The summed E-state index contributed by atoms with van der Waals surface area (Å²) in [6.07, 6.45) is 2.27. The Hall–Kier alpha value is -2.35. The van der Waals surface area contributed by atoms with E-state index >= 15 is 0 Å². The van der Waals surface area contributed by atoms with Gasteiger partial charge >= 0.3 is 0 Å². The zero-order valence-corrected chi connectivity index (χ0v) is 17.9. The van der Waals surface area contributed by atoms with E-state index in [4.69, 9.17) is 33.0 Å². The number of nitrogens with one attached hydrogen (secondary N) is 1. The van der Waals surface area contributed by atoms with Crippen LogP contribution in [0.2, 0.25) is 10.0 Å². The molecule has 6 nitrogen and oxygen atoms in total. The number of amides is 1. The van der Waals surface area contributed by atoms with Crippen molar-refractivity contribution in [1.82, 2.24) is 5.01 Å². The van der Waals surface area contributed by atoms with E-state index in [1.165, 1.54) is 22.8 Å². The zero-order chi connectivity index (χ0) is 20.7. The monoisotopic (exact) mass is 446 g/mol. The summed E-state index contributed by atoms with van der Waals surface area (Å²) in [5.41, 5.74) is 0.838. The van der Waals surface area contributed by atoms with E-state index in [2.05, 4.69) is 23.9 Å². The average Bonchev–Trinajstić information content (AvgIpc) is 3.24. The van der Waals surface area contributed by atoms with Gasteiger partial charge in [0.05, 0.1) is 5.57 Å². The topological polar surface area (TPSA) is 82.0 Å². The van der Waals surface area contributed by atoms with Crippen LogP contribution >= 0.6 is 35.0 Å². The van der Waals surface area contributed by atoms with Crippen LogP contribution in [-0.4, -0.2) is 27.0 Å². The number of nitrogens with zero attached hydrogens (tertiary/aromatic N) is 3. The number of aliphatic imine (C=N–C) groups is 1. The van der Waals surface area contributed by atoms with Crippen LogP contribution in [0.4, 0.5) is 0 Å². The summed E-state index contributed by atoms with van der Waals surface area (Å²) in [7, 11) is 0. The van der Waals surface area contributed by atoms with Gasteiger partial charge in [0.25, 0.3) is 5.91 Å². The predicted octanol–water partition coefficient (Wildman–Crippen LogP) is 5.92. The summed E-state index contributed by atoms with van der Waals surface area (Å²) in [6.45, 7) is 4.18. The number of benzene rings is 1. The second-order valence-corrected chi connectivity index (χ2v) is 8.89. The number of rotatable bonds is 4. The number of hydrazone groups is 1. The molecule has 0 bridgehead atoms. The second kappa shape index (κ2) is 7.82. The van der Waals surface area contributed by atoms with Gasteiger partial charge in [0.15, 0.2) is 5.84 Å². The molecule has 1 N–H and O–H groups in total. The summed E-state index contributed by atoms with van der Waals surface area (Å²) in [5.74, 6) is 0.883. The van der Waals surface area contributed by atoms with Crippen molar-refractivity contribution in [3.63, 3.8) is 0 Å². The van der Waals surface area contributed by atoms with Crippen LogP contribution in [0.25, 0.3) is 17.4 Å². The first-order valence-electron chi connectivity index (χ1n) is 8.85. The van der Waals surface area contributed by atoms with Crippen molar-refractivity contribution >= 4 is 63.0 Å². The van der Waals surface area contributed by atoms with Crippen LogP contribution in [0, 0.1) is 11.3 Å². The second-order valence-electron chi connectivity index (χ2n) is 6.97. The maximum Gasteiger partial charge on any atom is 0.283 e. The average molecular weight is 447 g/mol. The van der Waals surface area contributed by atoms with Crippen molar-refractivity contribution < 1.29 is 9.21 Å². The van der Waals surface area contributed by atoms with Crippen molar-refractivity contribution in [3.05, 3.63) is 51.7 Å². The molecule has 1 aromatic heterocycles. The molecule has 0 radical (unpaired) electrons. The Bertz CT molecular complexity index is 1100. The molecule has 0 atom stereocenters. The number of fused-ring (bicyclic) bond motifs is 1. The third-order valence-electron chi connectivity index (χ3n) is 4.14. The molecule has 0 fully saturated rings. The lowest BCUT2D eigenvalue weighted by molar-refractivity contribution is -0.114. The molecule has 2 aliphatic heterocycles. The number of furan rings is 1. The molecular weight excluding hydrogens is 431 g/mol. The first-order chi connectivity index (χ1) is 13.8. The first-order valence-corrected chi connectivity index (χ1v) is 10.4. The number of halogens is 2. The quantitative estimate of drug-likeness (QED) is 0.590. The lowest BCUT2D eigenvalue weighted by atomic mass is 10.1. The van der Waals surface area contributed by atoms with Crippen LogP contribution in [0.15, 0.2) is 50.4 Å². The van der Waals surface area contributed by atoms with Crippen LogP contribution in [0.1, 0.15) is 26.0 Å². The van der Waals surface area contributed by atoms with Crippen molar-refractivity contribution in [3.8, 4) is 11.3 Å². The van der Waals surface area contributed by atoms with Crippen LogP contribution in [0.3, 0.4) is 0 Å². The van der Waals surface area contributed by atoms with Gasteiger partial charge in [-0.1, -0.05) is 37.0 Å². The van der Waals surface area contributed by atoms with E-state index in [0.717, 1.165) is 17.0 Å². The fourth-order valence-electron chi connectivity index (χ4n) is 2.89. The predicted molar refractivity (Wildman–Crippen MR) is 119 cm³/mol. The summed E-state index contributed by atoms with van der Waals surface area (Å²) in [4.78, 5) is 16.6. The molecule has 1 amide bonds. The molecular formula is C20H16Cl2N4O2S. The third kappa shape index (κ3) is 4.17. The molecule has 0 saturated heterocycles. The Labute approximate surface area is 181 Å². The summed E-state index contributed by atoms with van der Waals surface area (Å²) >= 11 is 13.4. The van der Waals surface area contributed by atoms with Gasteiger partial charge in [-0.2, -0.15) is 15.1 Å². The first kappa shape index (κ1) is 19.9. The van der Waals surface area contributed by atoms with Gasteiger partial charge in [0.2, 0.25) is 5.17 Å². The highest BCUT2D eigenvalue weighted by Crippen LogP contribution is 2.32. The Kier molecular flexibility index (Phi) is 5.38. The minimum atomic E-state index is -0.488. The van der Waals surface area contributed by atoms with Gasteiger partial charge in [-0.3, -0.25) is 10.2 Å². The van der Waals surface area contributed by atoms with Crippen molar-refractivity contribution in [2.75, 3.05) is 0 Å². The van der Waals surface area contributed by atoms with Gasteiger partial charge in [0.1, 0.15) is 16.6 Å². The van der Waals surface area contributed by atoms with E-state index in [9.17, 15) is 4.79 Å². The van der Waals surface area contributed by atoms with E-state index in [1.54, 1.807) is 30.3 Å². The lowest BCUT2D eigenvalue weighted by Crippen LogP contribution is -2.35.